The lowest BCUT2D eigenvalue weighted by molar-refractivity contribution is -0.119. The van der Waals surface area contributed by atoms with Gasteiger partial charge in [0.1, 0.15) is 0 Å². The Balaban J connectivity index is 2.10. The minimum atomic E-state index is -1.07. The highest BCUT2D eigenvalue weighted by atomic mass is 79.9. The topological polar surface area (TPSA) is 92.4 Å². The Hall–Kier alpha value is -1.40. The maximum absolute atomic E-state index is 12.1. The fourth-order valence-corrected chi connectivity index (χ4v) is 2.83. The fraction of sp³-hybridized carbons (Fsp3) is 0.429. The van der Waals surface area contributed by atoms with Crippen LogP contribution in [-0.2, 0) is 4.79 Å². The number of nitrogens with one attached hydrogen (secondary N) is 1. The SMILES string of the molecule is NCC1(CC(=O)Nc2ccc(Br)cc2C(=O)O)CCC1. The van der Waals surface area contributed by atoms with Gasteiger partial charge >= 0.3 is 5.97 Å². The van der Waals surface area contributed by atoms with Crippen LogP contribution in [-0.4, -0.2) is 23.5 Å². The predicted molar refractivity (Wildman–Crippen MR) is 79.7 cm³/mol. The van der Waals surface area contributed by atoms with Crippen molar-refractivity contribution in [3.63, 3.8) is 0 Å². The Morgan fingerprint density at radius 1 is 1.40 bits per heavy atom. The average molecular weight is 341 g/mol. The molecule has 20 heavy (non-hydrogen) atoms. The van der Waals surface area contributed by atoms with Crippen molar-refractivity contribution in [3.8, 4) is 0 Å². The standard InChI is InChI=1S/C14H17BrN2O3/c15-9-2-3-11(10(6-9)13(19)20)17-12(18)7-14(8-16)4-1-5-14/h2-3,6H,1,4-5,7-8,16H2,(H,17,18)(H,19,20). The molecule has 0 radical (unpaired) electrons. The third-order valence-corrected chi connectivity index (χ3v) is 4.36. The first-order valence-electron chi connectivity index (χ1n) is 6.48. The van der Waals surface area contributed by atoms with Gasteiger partial charge in [-0.1, -0.05) is 22.4 Å². The molecule has 5 nitrogen and oxygen atoms in total. The predicted octanol–water partition coefficient (Wildman–Crippen LogP) is 2.60. The van der Waals surface area contributed by atoms with Crippen LogP contribution in [0.25, 0.3) is 0 Å². The van der Waals surface area contributed by atoms with E-state index < -0.39 is 5.97 Å². The number of hydrogen-bond acceptors (Lipinski definition) is 3. The summed E-state index contributed by atoms with van der Waals surface area (Å²) in [6, 6.07) is 4.76. The van der Waals surface area contributed by atoms with E-state index in [1.54, 1.807) is 12.1 Å². The number of carboxylic acids is 1. The smallest absolute Gasteiger partial charge is 0.337 e. The molecule has 1 aromatic carbocycles. The van der Waals surface area contributed by atoms with Gasteiger partial charge in [0.25, 0.3) is 0 Å². The van der Waals surface area contributed by atoms with E-state index in [2.05, 4.69) is 21.2 Å². The summed E-state index contributed by atoms with van der Waals surface area (Å²) in [6.45, 7) is 0.493. The van der Waals surface area contributed by atoms with Gasteiger partial charge in [0.2, 0.25) is 5.91 Å². The number of carbonyl (C=O) groups excluding carboxylic acids is 1. The fourth-order valence-electron chi connectivity index (χ4n) is 2.47. The van der Waals surface area contributed by atoms with Crippen molar-refractivity contribution < 1.29 is 14.7 Å². The molecule has 0 unspecified atom stereocenters. The molecule has 0 bridgehead atoms. The van der Waals surface area contributed by atoms with Crippen LogP contribution in [0.1, 0.15) is 36.0 Å². The molecule has 1 aliphatic rings. The molecule has 0 aliphatic heterocycles. The molecule has 0 heterocycles. The van der Waals surface area contributed by atoms with Gasteiger partial charge < -0.3 is 16.2 Å². The van der Waals surface area contributed by atoms with Crippen molar-refractivity contribution in [2.24, 2.45) is 11.1 Å². The third-order valence-electron chi connectivity index (χ3n) is 3.87. The first-order chi connectivity index (χ1) is 9.46. The van der Waals surface area contributed by atoms with E-state index in [0.717, 1.165) is 19.3 Å². The minimum Gasteiger partial charge on any atom is -0.478 e. The summed E-state index contributed by atoms with van der Waals surface area (Å²) in [5.74, 6) is -1.25. The van der Waals surface area contributed by atoms with E-state index in [-0.39, 0.29) is 16.9 Å². The van der Waals surface area contributed by atoms with Crippen LogP contribution in [0.15, 0.2) is 22.7 Å². The van der Waals surface area contributed by atoms with Gasteiger partial charge in [0.05, 0.1) is 11.3 Å². The second kappa shape index (κ2) is 5.93. The summed E-state index contributed by atoms with van der Waals surface area (Å²) in [7, 11) is 0. The third kappa shape index (κ3) is 3.19. The van der Waals surface area contributed by atoms with Crippen molar-refractivity contribution >= 4 is 33.5 Å². The van der Waals surface area contributed by atoms with Crippen LogP contribution in [0.5, 0.6) is 0 Å². The summed E-state index contributed by atoms with van der Waals surface area (Å²) in [5, 5.41) is 11.8. The highest BCUT2D eigenvalue weighted by Gasteiger charge is 2.37. The van der Waals surface area contributed by atoms with Crippen molar-refractivity contribution in [3.05, 3.63) is 28.2 Å². The maximum Gasteiger partial charge on any atom is 0.337 e. The Morgan fingerprint density at radius 3 is 2.60 bits per heavy atom. The van der Waals surface area contributed by atoms with Gasteiger partial charge in [-0.3, -0.25) is 4.79 Å². The zero-order valence-corrected chi connectivity index (χ0v) is 12.6. The summed E-state index contributed by atoms with van der Waals surface area (Å²) in [4.78, 5) is 23.2. The van der Waals surface area contributed by atoms with E-state index >= 15 is 0 Å². The number of amides is 1. The number of rotatable bonds is 5. The van der Waals surface area contributed by atoms with Crippen LogP contribution in [0.3, 0.4) is 0 Å². The number of hydrogen-bond donors (Lipinski definition) is 3. The van der Waals surface area contributed by atoms with Gasteiger partial charge in [0, 0.05) is 10.9 Å². The van der Waals surface area contributed by atoms with Crippen molar-refractivity contribution in [2.45, 2.75) is 25.7 Å². The number of aromatic carboxylic acids is 1. The molecule has 0 saturated heterocycles. The number of benzene rings is 1. The highest BCUT2D eigenvalue weighted by molar-refractivity contribution is 9.10. The Morgan fingerprint density at radius 2 is 2.10 bits per heavy atom. The second-order valence-corrected chi connectivity index (χ2v) is 6.19. The van der Waals surface area contributed by atoms with E-state index in [9.17, 15) is 9.59 Å². The molecule has 6 heteroatoms. The molecule has 1 saturated carbocycles. The molecular formula is C14H17BrN2O3. The normalized spacial score (nSPS) is 16.3. The lowest BCUT2D eigenvalue weighted by atomic mass is 9.66. The van der Waals surface area contributed by atoms with Crippen LogP contribution < -0.4 is 11.1 Å². The molecule has 4 N–H and O–H groups in total. The molecule has 1 fully saturated rings. The molecule has 1 aromatic rings. The van der Waals surface area contributed by atoms with Crippen LogP contribution in [0.4, 0.5) is 5.69 Å². The number of halogens is 1. The summed E-state index contributed by atoms with van der Waals surface area (Å²) in [5.41, 5.74) is 6.02. The Kier molecular flexibility index (Phi) is 4.45. The van der Waals surface area contributed by atoms with E-state index in [1.165, 1.54) is 6.07 Å². The van der Waals surface area contributed by atoms with Crippen LogP contribution >= 0.6 is 15.9 Å². The lowest BCUT2D eigenvalue weighted by Crippen LogP contribution is -2.40. The van der Waals surface area contributed by atoms with Gasteiger partial charge in [-0.25, -0.2) is 4.79 Å². The summed E-state index contributed by atoms with van der Waals surface area (Å²) in [6.07, 6.45) is 3.37. The van der Waals surface area contributed by atoms with Gasteiger partial charge in [-0.2, -0.15) is 0 Å². The van der Waals surface area contributed by atoms with Gasteiger partial charge in [-0.05, 0) is 43.0 Å². The Bertz CT molecular complexity index is 536. The molecular weight excluding hydrogens is 324 g/mol. The Labute approximate surface area is 125 Å². The number of carbonyl (C=O) groups is 2. The molecule has 0 atom stereocenters. The molecule has 0 spiro atoms. The number of anilines is 1. The lowest BCUT2D eigenvalue weighted by Gasteiger charge is -2.40. The van der Waals surface area contributed by atoms with Gasteiger partial charge in [-0.15, -0.1) is 0 Å². The number of carboxylic acid groups (broad SMARTS) is 1. The molecule has 2 rings (SSSR count). The van der Waals surface area contributed by atoms with E-state index in [0.29, 0.717) is 23.1 Å². The zero-order chi connectivity index (χ0) is 14.8. The molecule has 1 aliphatic carbocycles. The van der Waals surface area contributed by atoms with Crippen LogP contribution in [0.2, 0.25) is 0 Å². The monoisotopic (exact) mass is 340 g/mol. The molecule has 0 aromatic heterocycles. The first kappa shape index (κ1) is 15.0. The zero-order valence-electron chi connectivity index (χ0n) is 11.0. The molecule has 1 amide bonds. The van der Waals surface area contributed by atoms with E-state index in [1.807, 2.05) is 0 Å². The van der Waals surface area contributed by atoms with Crippen molar-refractivity contribution in [1.82, 2.24) is 0 Å². The van der Waals surface area contributed by atoms with E-state index in [4.69, 9.17) is 10.8 Å². The van der Waals surface area contributed by atoms with Crippen LogP contribution in [0, 0.1) is 5.41 Å². The highest BCUT2D eigenvalue weighted by Crippen LogP contribution is 2.43. The van der Waals surface area contributed by atoms with Crippen molar-refractivity contribution in [2.75, 3.05) is 11.9 Å². The largest absolute Gasteiger partial charge is 0.478 e. The second-order valence-electron chi connectivity index (χ2n) is 5.28. The quantitative estimate of drug-likeness (QED) is 0.768. The summed E-state index contributed by atoms with van der Waals surface area (Å²) >= 11 is 3.22. The van der Waals surface area contributed by atoms with Crippen molar-refractivity contribution in [1.29, 1.82) is 0 Å². The summed E-state index contributed by atoms with van der Waals surface area (Å²) < 4.78 is 0.658. The maximum atomic E-state index is 12.1. The minimum absolute atomic E-state index is 0.0723. The first-order valence-corrected chi connectivity index (χ1v) is 7.28. The number of nitrogens with two attached hydrogens (primary N) is 1. The molecule has 108 valence electrons. The average Bonchev–Trinajstić information content (AvgIpc) is 2.36. The van der Waals surface area contributed by atoms with Gasteiger partial charge in [0.15, 0.2) is 0 Å².